The molecule has 2 aliphatic carbocycles. The molecule has 2 N–H and O–H groups in total. The average Bonchev–Trinajstić information content (AvgIpc) is 3.17. The molecule has 130 valence electrons. The predicted molar refractivity (Wildman–Crippen MR) is 86.7 cm³/mol. The van der Waals surface area contributed by atoms with E-state index in [-0.39, 0.29) is 35.9 Å². The standard InChI is InChI=1S/C17H28N2O4/c1-10(18-3)16(20)22-8-14-12-5-6-13(7-12)15(14)9-23-17(21)11(2)19-4/h5-6,10-15,18-19H,7-9H2,1-4H3/t10-,11-,12?,13?,14-,15-/m0/s1. The Labute approximate surface area is 138 Å². The van der Waals surface area contributed by atoms with Gasteiger partial charge in [-0.3, -0.25) is 9.59 Å². The van der Waals surface area contributed by atoms with Crippen molar-refractivity contribution in [2.24, 2.45) is 23.7 Å². The number of ether oxygens (including phenoxy) is 2. The molecule has 6 atom stereocenters. The van der Waals surface area contributed by atoms with E-state index < -0.39 is 0 Å². The van der Waals surface area contributed by atoms with Crippen LogP contribution in [-0.4, -0.2) is 51.3 Å². The molecule has 23 heavy (non-hydrogen) atoms. The smallest absolute Gasteiger partial charge is 0.322 e. The second-order valence-corrected chi connectivity index (χ2v) is 6.56. The molecule has 1 fully saturated rings. The summed E-state index contributed by atoms with van der Waals surface area (Å²) in [5.74, 6) is 0.829. The van der Waals surface area contributed by atoms with Crippen LogP contribution in [0.5, 0.6) is 0 Å². The summed E-state index contributed by atoms with van der Waals surface area (Å²) in [5.41, 5.74) is 0. The normalized spacial score (nSPS) is 31.0. The first-order chi connectivity index (χ1) is 11.0. The summed E-state index contributed by atoms with van der Waals surface area (Å²) in [6, 6.07) is -0.617. The van der Waals surface area contributed by atoms with Crippen LogP contribution in [0.25, 0.3) is 0 Å². The molecule has 0 heterocycles. The number of likely N-dealkylation sites (N-methyl/N-ethyl adjacent to an activating group) is 2. The molecule has 0 saturated heterocycles. The molecule has 0 aromatic carbocycles. The molecule has 2 bridgehead atoms. The highest BCUT2D eigenvalue weighted by molar-refractivity contribution is 5.75. The molecule has 0 amide bonds. The lowest BCUT2D eigenvalue weighted by Crippen LogP contribution is -2.37. The van der Waals surface area contributed by atoms with Crippen LogP contribution in [0, 0.1) is 23.7 Å². The summed E-state index contributed by atoms with van der Waals surface area (Å²) in [6.07, 6.45) is 5.48. The van der Waals surface area contributed by atoms with E-state index in [1.54, 1.807) is 27.9 Å². The Morgan fingerprint density at radius 2 is 1.35 bits per heavy atom. The van der Waals surface area contributed by atoms with Gasteiger partial charge in [0.05, 0.1) is 13.2 Å². The first-order valence-corrected chi connectivity index (χ1v) is 8.34. The first-order valence-electron chi connectivity index (χ1n) is 8.34. The molecule has 6 heteroatoms. The first kappa shape index (κ1) is 17.9. The molecule has 0 aliphatic heterocycles. The molecule has 0 radical (unpaired) electrons. The number of hydrogen-bond acceptors (Lipinski definition) is 6. The molecule has 0 spiro atoms. The molecule has 0 aromatic rings. The van der Waals surface area contributed by atoms with Gasteiger partial charge in [0, 0.05) is 11.8 Å². The van der Waals surface area contributed by atoms with Crippen molar-refractivity contribution in [2.75, 3.05) is 27.3 Å². The summed E-state index contributed by atoms with van der Waals surface area (Å²) in [6.45, 7) is 4.34. The molecule has 0 aromatic heterocycles. The fourth-order valence-corrected chi connectivity index (χ4v) is 3.36. The van der Waals surface area contributed by atoms with Gasteiger partial charge in [-0.05, 0) is 46.2 Å². The zero-order chi connectivity index (χ0) is 17.0. The fourth-order valence-electron chi connectivity index (χ4n) is 3.36. The lowest BCUT2D eigenvalue weighted by Gasteiger charge is -2.28. The second kappa shape index (κ2) is 7.93. The number of rotatable bonds is 8. The van der Waals surface area contributed by atoms with Crippen molar-refractivity contribution in [3.63, 3.8) is 0 Å². The molecule has 1 saturated carbocycles. The van der Waals surface area contributed by atoms with Crippen LogP contribution in [-0.2, 0) is 19.1 Å². The number of fused-ring (bicyclic) bond motifs is 2. The van der Waals surface area contributed by atoms with E-state index in [2.05, 4.69) is 22.8 Å². The largest absolute Gasteiger partial charge is 0.464 e. The summed E-state index contributed by atoms with van der Waals surface area (Å²) >= 11 is 0. The quantitative estimate of drug-likeness (QED) is 0.506. The maximum atomic E-state index is 11.8. The van der Waals surface area contributed by atoms with E-state index in [9.17, 15) is 9.59 Å². The molecule has 2 aliphatic rings. The van der Waals surface area contributed by atoms with E-state index >= 15 is 0 Å². The minimum atomic E-state index is -0.308. The third-order valence-corrected chi connectivity index (χ3v) is 5.21. The van der Waals surface area contributed by atoms with Gasteiger partial charge in [-0.1, -0.05) is 12.2 Å². The van der Waals surface area contributed by atoms with Crippen molar-refractivity contribution in [2.45, 2.75) is 32.4 Å². The maximum absolute atomic E-state index is 11.8. The van der Waals surface area contributed by atoms with Crippen molar-refractivity contribution in [1.29, 1.82) is 0 Å². The van der Waals surface area contributed by atoms with Gasteiger partial charge >= 0.3 is 11.9 Å². The van der Waals surface area contributed by atoms with Crippen LogP contribution < -0.4 is 10.6 Å². The number of hydrogen-bond donors (Lipinski definition) is 2. The lowest BCUT2D eigenvalue weighted by molar-refractivity contribution is -0.151. The van der Waals surface area contributed by atoms with E-state index in [1.807, 2.05) is 0 Å². The van der Waals surface area contributed by atoms with E-state index in [0.29, 0.717) is 25.0 Å². The molecule has 6 nitrogen and oxygen atoms in total. The Morgan fingerprint density at radius 3 is 1.70 bits per heavy atom. The Bertz CT molecular complexity index is 426. The van der Waals surface area contributed by atoms with Crippen LogP contribution >= 0.6 is 0 Å². The number of nitrogens with one attached hydrogen (secondary N) is 2. The van der Waals surface area contributed by atoms with E-state index in [1.165, 1.54) is 0 Å². The Morgan fingerprint density at radius 1 is 0.957 bits per heavy atom. The highest BCUT2D eigenvalue weighted by Crippen LogP contribution is 2.48. The Hall–Kier alpha value is -1.40. The summed E-state index contributed by atoms with van der Waals surface area (Å²) in [7, 11) is 3.47. The summed E-state index contributed by atoms with van der Waals surface area (Å²) in [4.78, 5) is 23.7. The second-order valence-electron chi connectivity index (χ2n) is 6.56. The van der Waals surface area contributed by atoms with E-state index in [0.717, 1.165) is 6.42 Å². The van der Waals surface area contributed by atoms with Gasteiger partial charge in [0.25, 0.3) is 0 Å². The van der Waals surface area contributed by atoms with Crippen LogP contribution in [0.3, 0.4) is 0 Å². The van der Waals surface area contributed by atoms with Gasteiger partial charge in [0.15, 0.2) is 0 Å². The number of allylic oxidation sites excluding steroid dienone is 2. The maximum Gasteiger partial charge on any atom is 0.322 e. The SMILES string of the molecule is CN[C@@H](C)C(=O)OC[C@H]1C2C=CC(C2)[C@@H]1COC(=O)[C@H](C)NC. The zero-order valence-electron chi connectivity index (χ0n) is 14.4. The summed E-state index contributed by atoms with van der Waals surface area (Å²) < 4.78 is 10.9. The third kappa shape index (κ3) is 4.12. The highest BCUT2D eigenvalue weighted by atomic mass is 16.5. The van der Waals surface area contributed by atoms with Gasteiger partial charge in [0.2, 0.25) is 0 Å². The Kier molecular flexibility index (Phi) is 6.18. The highest BCUT2D eigenvalue weighted by Gasteiger charge is 2.45. The fraction of sp³-hybridized carbons (Fsp3) is 0.765. The molecular formula is C17H28N2O4. The van der Waals surface area contributed by atoms with Crippen LogP contribution in [0.2, 0.25) is 0 Å². The van der Waals surface area contributed by atoms with Crippen LogP contribution in [0.4, 0.5) is 0 Å². The number of carbonyl (C=O) groups excluding carboxylic acids is 2. The van der Waals surface area contributed by atoms with Gasteiger partial charge in [-0.2, -0.15) is 0 Å². The number of esters is 2. The Balaban J connectivity index is 1.88. The average molecular weight is 324 g/mol. The molecular weight excluding hydrogens is 296 g/mol. The predicted octanol–water partition coefficient (Wildman–Crippen LogP) is 0.727. The number of carbonyl (C=O) groups is 2. The van der Waals surface area contributed by atoms with Gasteiger partial charge < -0.3 is 20.1 Å². The van der Waals surface area contributed by atoms with Gasteiger partial charge in [0.1, 0.15) is 12.1 Å². The van der Waals surface area contributed by atoms with Crippen molar-refractivity contribution in [3.8, 4) is 0 Å². The van der Waals surface area contributed by atoms with Crippen molar-refractivity contribution < 1.29 is 19.1 Å². The lowest BCUT2D eigenvalue weighted by atomic mass is 9.84. The monoisotopic (exact) mass is 324 g/mol. The molecule has 2 rings (SSSR count). The molecule has 2 unspecified atom stereocenters. The van der Waals surface area contributed by atoms with Gasteiger partial charge in [-0.15, -0.1) is 0 Å². The minimum Gasteiger partial charge on any atom is -0.464 e. The van der Waals surface area contributed by atoms with Crippen LogP contribution in [0.1, 0.15) is 20.3 Å². The van der Waals surface area contributed by atoms with Crippen molar-refractivity contribution in [1.82, 2.24) is 10.6 Å². The van der Waals surface area contributed by atoms with Gasteiger partial charge in [-0.25, -0.2) is 0 Å². The van der Waals surface area contributed by atoms with Crippen molar-refractivity contribution >= 4 is 11.9 Å². The van der Waals surface area contributed by atoms with E-state index in [4.69, 9.17) is 9.47 Å². The topological polar surface area (TPSA) is 76.7 Å². The third-order valence-electron chi connectivity index (χ3n) is 5.21. The minimum absolute atomic E-state index is 0.232. The van der Waals surface area contributed by atoms with Crippen LogP contribution in [0.15, 0.2) is 12.2 Å². The van der Waals surface area contributed by atoms with Crippen molar-refractivity contribution in [3.05, 3.63) is 12.2 Å². The summed E-state index contributed by atoms with van der Waals surface area (Å²) in [5, 5.41) is 5.76. The zero-order valence-corrected chi connectivity index (χ0v) is 14.4.